The average Bonchev–Trinajstić information content (AvgIpc) is 2.52. The van der Waals surface area contributed by atoms with Crippen molar-refractivity contribution >= 4 is 28.9 Å². The third kappa shape index (κ3) is 4.45. The van der Waals surface area contributed by atoms with Crippen molar-refractivity contribution in [3.63, 3.8) is 0 Å². The van der Waals surface area contributed by atoms with Gasteiger partial charge in [0.05, 0.1) is 0 Å². The molecule has 0 atom stereocenters. The van der Waals surface area contributed by atoms with Crippen molar-refractivity contribution in [2.45, 2.75) is 39.7 Å². The molecule has 17 heavy (non-hydrogen) atoms. The molecule has 1 saturated heterocycles. The Labute approximate surface area is 114 Å². The van der Waals surface area contributed by atoms with Crippen molar-refractivity contribution in [1.29, 1.82) is 0 Å². The molecular weight excluding hydrogens is 254 g/mol. The molecule has 0 aliphatic carbocycles. The summed E-state index contributed by atoms with van der Waals surface area (Å²) in [7, 11) is 0. The van der Waals surface area contributed by atoms with E-state index in [9.17, 15) is 0 Å². The summed E-state index contributed by atoms with van der Waals surface area (Å²) in [6.07, 6.45) is 5.85. The second-order valence-electron chi connectivity index (χ2n) is 5.46. The van der Waals surface area contributed by atoms with Crippen molar-refractivity contribution in [3.05, 3.63) is 11.1 Å². The number of hydrogen-bond donors (Lipinski definition) is 1. The first-order valence-corrected chi connectivity index (χ1v) is 6.79. The zero-order chi connectivity index (χ0) is 11.6. The van der Waals surface area contributed by atoms with Crippen LogP contribution in [0.15, 0.2) is 6.20 Å². The summed E-state index contributed by atoms with van der Waals surface area (Å²) in [4.78, 5) is 7.92. The van der Waals surface area contributed by atoms with Crippen LogP contribution in [0.4, 0.5) is 5.13 Å². The molecule has 0 aromatic carbocycles. The van der Waals surface area contributed by atoms with Gasteiger partial charge in [0.2, 0.25) is 0 Å². The van der Waals surface area contributed by atoms with Gasteiger partial charge in [0.25, 0.3) is 0 Å². The summed E-state index contributed by atoms with van der Waals surface area (Å²) < 4.78 is 0. The molecule has 5 heteroatoms. The second-order valence-corrected chi connectivity index (χ2v) is 6.61. The number of rotatable bonds is 2. The smallest absolute Gasteiger partial charge is 0.180 e. The van der Waals surface area contributed by atoms with Crippen LogP contribution in [0.3, 0.4) is 0 Å². The van der Waals surface area contributed by atoms with Crippen molar-refractivity contribution in [1.82, 2.24) is 9.88 Å². The Hall–Kier alpha value is -0.320. The van der Waals surface area contributed by atoms with Crippen LogP contribution in [0.5, 0.6) is 0 Å². The van der Waals surface area contributed by atoms with Gasteiger partial charge in [0.1, 0.15) is 0 Å². The van der Waals surface area contributed by atoms with Gasteiger partial charge in [-0.1, -0.05) is 13.8 Å². The van der Waals surface area contributed by atoms with Crippen molar-refractivity contribution in [2.24, 2.45) is 5.41 Å². The molecule has 0 spiro atoms. The lowest BCUT2D eigenvalue weighted by molar-refractivity contribution is 0.257. The molecule has 2 heterocycles. The number of anilines is 1. The van der Waals surface area contributed by atoms with Crippen molar-refractivity contribution in [3.8, 4) is 0 Å². The lowest BCUT2D eigenvalue weighted by Crippen LogP contribution is -2.24. The maximum Gasteiger partial charge on any atom is 0.180 e. The molecule has 1 aliphatic heterocycles. The van der Waals surface area contributed by atoms with Gasteiger partial charge >= 0.3 is 0 Å². The summed E-state index contributed by atoms with van der Waals surface area (Å²) in [6, 6.07) is 0. The molecule has 1 aromatic rings. The maximum atomic E-state index is 5.65. The third-order valence-electron chi connectivity index (χ3n) is 3.38. The van der Waals surface area contributed by atoms with Gasteiger partial charge in [-0.3, -0.25) is 4.90 Å². The zero-order valence-corrected chi connectivity index (χ0v) is 12.2. The predicted octanol–water partition coefficient (Wildman–Crippen LogP) is 3.16. The topological polar surface area (TPSA) is 42.2 Å². The fraction of sp³-hybridized carbons (Fsp3) is 0.750. The summed E-state index contributed by atoms with van der Waals surface area (Å²) >= 11 is 1.61. The van der Waals surface area contributed by atoms with E-state index in [-0.39, 0.29) is 12.4 Å². The van der Waals surface area contributed by atoms with Crippen LogP contribution in [-0.4, -0.2) is 23.0 Å². The van der Waals surface area contributed by atoms with Crippen LogP contribution in [0.1, 0.15) is 38.0 Å². The minimum atomic E-state index is 0. The van der Waals surface area contributed by atoms with Crippen LogP contribution in [0.25, 0.3) is 0 Å². The first-order chi connectivity index (χ1) is 7.55. The van der Waals surface area contributed by atoms with E-state index in [1.165, 1.54) is 37.2 Å². The molecule has 0 radical (unpaired) electrons. The van der Waals surface area contributed by atoms with E-state index in [0.717, 1.165) is 6.54 Å². The number of nitrogens with zero attached hydrogens (tertiary/aromatic N) is 2. The molecule has 0 bridgehead atoms. The third-order valence-corrected chi connectivity index (χ3v) is 4.19. The van der Waals surface area contributed by atoms with E-state index in [4.69, 9.17) is 5.73 Å². The zero-order valence-electron chi connectivity index (χ0n) is 10.6. The van der Waals surface area contributed by atoms with Crippen molar-refractivity contribution < 1.29 is 0 Å². The highest BCUT2D eigenvalue weighted by Gasteiger charge is 2.23. The predicted molar refractivity (Wildman–Crippen MR) is 76.7 cm³/mol. The van der Waals surface area contributed by atoms with E-state index < -0.39 is 0 Å². The molecule has 1 aromatic heterocycles. The SMILES string of the molecule is CC1(C)CCCN(Cc2cnc(N)s2)CC1.Cl. The quantitative estimate of drug-likeness (QED) is 0.902. The minimum absolute atomic E-state index is 0. The van der Waals surface area contributed by atoms with E-state index in [1.807, 2.05) is 6.20 Å². The van der Waals surface area contributed by atoms with Gasteiger partial charge in [-0.15, -0.1) is 23.7 Å². The highest BCUT2D eigenvalue weighted by atomic mass is 35.5. The molecule has 98 valence electrons. The first-order valence-electron chi connectivity index (χ1n) is 5.98. The van der Waals surface area contributed by atoms with Crippen LogP contribution in [0, 0.1) is 5.41 Å². The molecular formula is C12H22ClN3S. The monoisotopic (exact) mass is 275 g/mol. The largest absolute Gasteiger partial charge is 0.375 e. The van der Waals surface area contributed by atoms with Crippen LogP contribution >= 0.6 is 23.7 Å². The van der Waals surface area contributed by atoms with E-state index >= 15 is 0 Å². The second kappa shape index (κ2) is 6.03. The summed E-state index contributed by atoms with van der Waals surface area (Å²) in [5, 5.41) is 0.685. The summed E-state index contributed by atoms with van der Waals surface area (Å²) in [6.45, 7) is 8.18. The Morgan fingerprint density at radius 1 is 1.41 bits per heavy atom. The molecule has 0 amide bonds. The average molecular weight is 276 g/mol. The standard InChI is InChI=1S/C12H21N3S.ClH/c1-12(2)4-3-6-15(7-5-12)9-10-8-14-11(13)16-10;/h8H,3-7,9H2,1-2H3,(H2,13,14);1H. The normalized spacial score (nSPS) is 20.6. The number of halogens is 1. The number of nitrogen functional groups attached to an aromatic ring is 1. The number of thiazole rings is 1. The maximum absolute atomic E-state index is 5.65. The molecule has 3 nitrogen and oxygen atoms in total. The number of hydrogen-bond acceptors (Lipinski definition) is 4. The molecule has 2 rings (SSSR count). The molecule has 1 fully saturated rings. The van der Waals surface area contributed by atoms with Gasteiger partial charge in [0.15, 0.2) is 5.13 Å². The van der Waals surface area contributed by atoms with Crippen molar-refractivity contribution in [2.75, 3.05) is 18.8 Å². The Morgan fingerprint density at radius 3 is 2.82 bits per heavy atom. The first kappa shape index (κ1) is 14.7. The lowest BCUT2D eigenvalue weighted by Gasteiger charge is -2.22. The fourth-order valence-electron chi connectivity index (χ4n) is 2.25. The lowest BCUT2D eigenvalue weighted by atomic mass is 9.85. The number of nitrogens with two attached hydrogens (primary N) is 1. The van der Waals surface area contributed by atoms with Crippen LogP contribution in [-0.2, 0) is 6.54 Å². The molecule has 2 N–H and O–H groups in total. The minimum Gasteiger partial charge on any atom is -0.375 e. The van der Waals surface area contributed by atoms with Gasteiger partial charge in [-0.05, 0) is 37.8 Å². The Balaban J connectivity index is 0.00000144. The highest BCUT2D eigenvalue weighted by molar-refractivity contribution is 7.15. The van der Waals surface area contributed by atoms with Gasteiger partial charge in [0, 0.05) is 17.6 Å². The molecule has 0 saturated carbocycles. The van der Waals surface area contributed by atoms with Gasteiger partial charge < -0.3 is 5.73 Å². The summed E-state index contributed by atoms with van der Waals surface area (Å²) in [5.74, 6) is 0. The Kier molecular flexibility index (Phi) is 5.22. The van der Waals surface area contributed by atoms with E-state index in [1.54, 1.807) is 11.3 Å². The fourth-order valence-corrected chi connectivity index (χ4v) is 2.98. The number of aromatic nitrogens is 1. The Morgan fingerprint density at radius 2 is 2.18 bits per heavy atom. The summed E-state index contributed by atoms with van der Waals surface area (Å²) in [5.41, 5.74) is 6.16. The van der Waals surface area contributed by atoms with E-state index in [2.05, 4.69) is 23.7 Å². The molecule has 1 aliphatic rings. The Bertz CT molecular complexity index is 351. The van der Waals surface area contributed by atoms with Crippen LogP contribution in [0.2, 0.25) is 0 Å². The van der Waals surface area contributed by atoms with Gasteiger partial charge in [-0.25, -0.2) is 4.98 Å². The molecule has 0 unspecified atom stereocenters. The van der Waals surface area contributed by atoms with E-state index in [0.29, 0.717) is 10.5 Å². The highest BCUT2D eigenvalue weighted by Crippen LogP contribution is 2.30. The number of likely N-dealkylation sites (tertiary alicyclic amines) is 1. The van der Waals surface area contributed by atoms with Crippen LogP contribution < -0.4 is 5.73 Å². The van der Waals surface area contributed by atoms with Gasteiger partial charge in [-0.2, -0.15) is 0 Å².